The Hall–Kier alpha value is -7.54. The molecule has 0 aliphatic carbocycles. The fraction of sp³-hybridized carbons (Fsp3) is 0.690. The van der Waals surface area contributed by atoms with Crippen LogP contribution in [0.5, 0.6) is 0 Å². The van der Waals surface area contributed by atoms with Crippen LogP contribution in [0.15, 0.2) is 35.3 Å². The lowest BCUT2D eigenvalue weighted by atomic mass is 9.86. The molecule has 1 aliphatic rings. The predicted molar refractivity (Wildman–Crippen MR) is 325 cm³/mol. The molecular weight excluding hydrogens is 1150 g/mol. The third-order valence-electron chi connectivity index (χ3n) is 14.3. The first-order chi connectivity index (χ1) is 40.9. The number of hydrogen-bond donors (Lipinski definition) is 18. The van der Waals surface area contributed by atoms with Gasteiger partial charge in [-0.25, -0.2) is 0 Å². The van der Waals surface area contributed by atoms with E-state index in [9.17, 15) is 68.4 Å². The molecule has 1 unspecified atom stereocenters. The molecule has 21 N–H and O–H groups in total. The highest BCUT2D eigenvalue weighted by atomic mass is 16.3. The smallest absolute Gasteiger partial charge is 0.245 e. The van der Waals surface area contributed by atoms with Gasteiger partial charge in [-0.3, -0.25) is 57.7 Å². The second kappa shape index (κ2) is 35.5. The Morgan fingerprint density at radius 3 is 1.65 bits per heavy atom. The first kappa shape index (κ1) is 76.6. The van der Waals surface area contributed by atoms with Crippen molar-refractivity contribution in [2.24, 2.45) is 50.8 Å². The summed E-state index contributed by atoms with van der Waals surface area (Å²) in [7, 11) is 0. The van der Waals surface area contributed by atoms with Crippen LogP contribution >= 0.6 is 0 Å². The van der Waals surface area contributed by atoms with Crippen LogP contribution in [0.25, 0.3) is 0 Å². The van der Waals surface area contributed by atoms with Gasteiger partial charge in [-0.1, -0.05) is 120 Å². The molecule has 2 rings (SSSR count). The Kier molecular flexibility index (Phi) is 30.8. The van der Waals surface area contributed by atoms with Crippen LogP contribution in [-0.2, 0) is 52.7 Å². The molecule has 14 atom stereocenters. The zero-order valence-corrected chi connectivity index (χ0v) is 52.9. The maximum atomic E-state index is 15.4. The van der Waals surface area contributed by atoms with Crippen molar-refractivity contribution < 1.29 is 73.2 Å². The second-order valence-corrected chi connectivity index (χ2v) is 25.4. The van der Waals surface area contributed by atoms with E-state index >= 15 is 4.79 Å². The predicted octanol–water partition coefficient (Wildman–Crippen LogP) is -4.33. The highest BCUT2D eigenvalue weighted by Gasteiger charge is 2.43. The Morgan fingerprint density at radius 1 is 0.625 bits per heavy atom. The molecule has 0 spiro atoms. The number of guanidine groups is 1. The summed E-state index contributed by atoms with van der Waals surface area (Å²) < 4.78 is 0. The lowest BCUT2D eigenvalue weighted by Crippen LogP contribution is -2.65. The fourth-order valence-corrected chi connectivity index (χ4v) is 9.21. The molecular formula is C58H99N15O15. The van der Waals surface area contributed by atoms with E-state index in [0.29, 0.717) is 0 Å². The van der Waals surface area contributed by atoms with Crippen molar-refractivity contribution >= 4 is 70.9 Å². The average Bonchev–Trinajstić information content (AvgIpc) is 2.89. The monoisotopic (exact) mass is 1250 g/mol. The third-order valence-corrected chi connectivity index (χ3v) is 14.3. The first-order valence-corrected chi connectivity index (χ1v) is 29.6. The standard InChI is InChI=1S/C58H99N15O15/c1-14-30(6)40-53(86)70-41(31(7)76)51(84)63-25-38(77)64-36(26-74)49(82)67-37(27-75)50(83)71-42(32-19-16-15-17-20-32)43(72-48(81)35(24-58(11,12)13)66-46(79)33(59)23-57(8,9)10)54(87)73-44(45(78)29(4)5)55(88)68-39(28(2)3)52(85)65-34(47(80)69-40)21-18-22-62-56(60)61/h15-17,19-20,28-31,33-37,39-45,74-76,78H,14,18,21-27,59H2,1-13H3,(H,63,84)(H,64,77)(H,65,85)(H,66,79)(H,67,82)(H,68,88)(H,69,80)(H,70,86)(H,71,83)(H,72,81)(H,73,87)(H4,60,61,62)/t30-,31-,33+,34+,35-,36-,37?,39-,40-,41-,42+,43-,44-,45+/m0/s1. The SMILES string of the molecule is CC[C@H](C)[C@@H]1NC(=O)[C@@H](CCCN=C(N)N)NC(=O)[C@H](C(C)C)NC(=O)[C@H]([C@H](O)C(C)C)NC(=O)[C@@H](NC(=O)[C@H](CC(C)(C)C)NC(=O)[C@H](N)CC(C)(C)C)[C@@H](c2ccccc2)NC(=O)C(CO)NC(=O)[C@H](CO)NC(=O)CNC(=O)[C@H]([C@H](C)O)NC1=O. The van der Waals surface area contributed by atoms with Crippen LogP contribution in [0.1, 0.15) is 134 Å². The van der Waals surface area contributed by atoms with Crippen LogP contribution in [0, 0.1) is 28.6 Å². The summed E-state index contributed by atoms with van der Waals surface area (Å²) in [4.78, 5) is 161. The maximum Gasteiger partial charge on any atom is 0.245 e. The minimum absolute atomic E-state index is 0.0249. The summed E-state index contributed by atoms with van der Waals surface area (Å²) in [6.45, 7) is 18.3. The molecule has 11 amide bonds. The summed E-state index contributed by atoms with van der Waals surface area (Å²) in [6.07, 6.45) is -3.06. The molecule has 1 aromatic carbocycles. The second-order valence-electron chi connectivity index (χ2n) is 25.4. The molecule has 1 heterocycles. The normalized spacial score (nSPS) is 25.0. The molecule has 496 valence electrons. The molecule has 30 nitrogen and oxygen atoms in total. The van der Waals surface area contributed by atoms with E-state index in [-0.39, 0.29) is 50.2 Å². The van der Waals surface area contributed by atoms with Crippen LogP contribution in [0.4, 0.5) is 0 Å². The molecule has 0 saturated carbocycles. The Bertz CT molecular complexity index is 2570. The van der Waals surface area contributed by atoms with E-state index in [0.717, 1.165) is 6.92 Å². The zero-order chi connectivity index (χ0) is 67.1. The number of amides is 11. The van der Waals surface area contributed by atoms with E-state index in [1.54, 1.807) is 54.5 Å². The van der Waals surface area contributed by atoms with E-state index in [4.69, 9.17) is 17.2 Å². The third kappa shape index (κ3) is 25.3. The van der Waals surface area contributed by atoms with E-state index < -0.39 is 192 Å². The zero-order valence-electron chi connectivity index (χ0n) is 52.9. The summed E-state index contributed by atoms with van der Waals surface area (Å²) >= 11 is 0. The highest BCUT2D eigenvalue weighted by Crippen LogP contribution is 2.25. The average molecular weight is 1250 g/mol. The van der Waals surface area contributed by atoms with Crippen molar-refractivity contribution in [2.45, 2.75) is 201 Å². The molecule has 0 bridgehead atoms. The van der Waals surface area contributed by atoms with Gasteiger partial charge in [-0.05, 0) is 66.8 Å². The molecule has 1 fully saturated rings. The van der Waals surface area contributed by atoms with Gasteiger partial charge in [0, 0.05) is 6.54 Å². The quantitative estimate of drug-likeness (QED) is 0.0354. The van der Waals surface area contributed by atoms with Crippen molar-refractivity contribution in [3.8, 4) is 0 Å². The first-order valence-electron chi connectivity index (χ1n) is 29.6. The van der Waals surface area contributed by atoms with E-state index in [1.807, 2.05) is 20.8 Å². The molecule has 30 heteroatoms. The summed E-state index contributed by atoms with van der Waals surface area (Å²) in [5.74, 6) is -14.2. The number of nitrogens with one attached hydrogen (secondary N) is 11. The van der Waals surface area contributed by atoms with Gasteiger partial charge < -0.3 is 96.1 Å². The number of hydrogen-bond acceptors (Lipinski definition) is 17. The van der Waals surface area contributed by atoms with Crippen molar-refractivity contribution in [1.82, 2.24) is 58.5 Å². The summed E-state index contributed by atoms with van der Waals surface area (Å²) in [5.41, 5.74) is 16.4. The number of aliphatic imine (C=N–C) groups is 1. The molecule has 1 aliphatic heterocycles. The van der Waals surface area contributed by atoms with Crippen molar-refractivity contribution in [3.63, 3.8) is 0 Å². The van der Waals surface area contributed by atoms with Gasteiger partial charge in [-0.2, -0.15) is 0 Å². The Morgan fingerprint density at radius 2 is 1.12 bits per heavy atom. The molecule has 88 heavy (non-hydrogen) atoms. The van der Waals surface area contributed by atoms with Gasteiger partial charge in [0.15, 0.2) is 5.96 Å². The van der Waals surface area contributed by atoms with Crippen LogP contribution < -0.4 is 75.7 Å². The number of carbonyl (C=O) groups excluding carboxylic acids is 11. The minimum atomic E-state index is -2.03. The number of benzene rings is 1. The number of aliphatic hydroxyl groups excluding tert-OH is 4. The van der Waals surface area contributed by atoms with Gasteiger partial charge in [0.2, 0.25) is 65.0 Å². The fourth-order valence-electron chi connectivity index (χ4n) is 9.21. The molecule has 1 aromatic rings. The van der Waals surface area contributed by atoms with Gasteiger partial charge in [0.05, 0.1) is 44.1 Å². The van der Waals surface area contributed by atoms with Crippen molar-refractivity contribution in [1.29, 1.82) is 0 Å². The Balaban J connectivity index is 3.07. The number of nitrogens with zero attached hydrogens (tertiary/aromatic N) is 1. The summed E-state index contributed by atoms with van der Waals surface area (Å²) in [6, 6.07) is -10.8. The topological polar surface area (TPSA) is 491 Å². The number of aliphatic hydroxyl groups is 4. The largest absolute Gasteiger partial charge is 0.394 e. The highest BCUT2D eigenvalue weighted by molar-refractivity contribution is 6.00. The van der Waals surface area contributed by atoms with Gasteiger partial charge in [-0.15, -0.1) is 0 Å². The van der Waals surface area contributed by atoms with E-state index in [2.05, 4.69) is 63.5 Å². The Labute approximate surface area is 514 Å². The van der Waals surface area contributed by atoms with Crippen LogP contribution in [0.2, 0.25) is 0 Å². The molecule has 0 radical (unpaired) electrons. The van der Waals surface area contributed by atoms with Crippen LogP contribution in [-0.4, -0.2) is 190 Å². The summed E-state index contributed by atoms with van der Waals surface area (Å²) in [5, 5.41) is 70.8. The number of rotatable bonds is 19. The maximum absolute atomic E-state index is 15.4. The lowest BCUT2D eigenvalue weighted by Gasteiger charge is -2.35. The number of carbonyl (C=O) groups is 11. The van der Waals surface area contributed by atoms with Crippen molar-refractivity contribution in [3.05, 3.63) is 35.9 Å². The lowest BCUT2D eigenvalue weighted by molar-refractivity contribution is -0.139. The molecule has 0 aromatic heterocycles. The van der Waals surface area contributed by atoms with Crippen molar-refractivity contribution in [2.75, 3.05) is 26.3 Å². The van der Waals surface area contributed by atoms with Gasteiger partial charge in [0.25, 0.3) is 0 Å². The molecule has 1 saturated heterocycles. The van der Waals surface area contributed by atoms with E-state index in [1.165, 1.54) is 38.1 Å². The number of nitrogens with two attached hydrogens (primary N) is 3. The minimum Gasteiger partial charge on any atom is -0.394 e. The van der Waals surface area contributed by atoms with Gasteiger partial charge >= 0.3 is 0 Å². The van der Waals surface area contributed by atoms with Crippen LogP contribution in [0.3, 0.4) is 0 Å². The van der Waals surface area contributed by atoms with Gasteiger partial charge in [0.1, 0.15) is 54.4 Å².